The fraction of sp³-hybridized carbons (Fsp3) is 0.708. The maximum atomic E-state index is 12.9. The van der Waals surface area contributed by atoms with Crippen LogP contribution >= 0.6 is 0 Å². The molecule has 29 heavy (non-hydrogen) atoms. The Balaban J connectivity index is 1.07. The van der Waals surface area contributed by atoms with Gasteiger partial charge >= 0.3 is 0 Å². The molecule has 2 saturated heterocycles. The number of carbonyl (C=O) groups excluding carboxylic acids is 1. The van der Waals surface area contributed by atoms with Gasteiger partial charge in [0.05, 0.1) is 6.61 Å². The lowest BCUT2D eigenvalue weighted by molar-refractivity contribution is -1.02. The minimum Gasteiger partial charge on any atom is -0.493 e. The molecular formula is C24H37N3O2+2. The van der Waals surface area contributed by atoms with E-state index in [4.69, 9.17) is 4.74 Å². The maximum Gasteiger partial charge on any atom is 0.277 e. The number of quaternary nitrogens is 2. The predicted molar refractivity (Wildman–Crippen MR) is 112 cm³/mol. The minimum absolute atomic E-state index is 0.408. The maximum absolute atomic E-state index is 12.9. The molecule has 5 heteroatoms. The van der Waals surface area contributed by atoms with Gasteiger partial charge in [-0.1, -0.05) is 19.3 Å². The number of carbonyl (C=O) groups is 1. The van der Waals surface area contributed by atoms with E-state index in [2.05, 4.69) is 23.1 Å². The van der Waals surface area contributed by atoms with E-state index >= 15 is 0 Å². The lowest BCUT2D eigenvalue weighted by Crippen LogP contribution is -3.28. The largest absolute Gasteiger partial charge is 0.493 e. The molecule has 2 atom stereocenters. The van der Waals surface area contributed by atoms with Gasteiger partial charge in [0.1, 0.15) is 38.5 Å². The molecule has 5 rings (SSSR count). The Morgan fingerprint density at radius 3 is 2.69 bits per heavy atom. The number of piperazine rings is 1. The minimum atomic E-state index is 0.408. The van der Waals surface area contributed by atoms with Crippen molar-refractivity contribution in [3.8, 4) is 5.75 Å². The highest BCUT2D eigenvalue weighted by Crippen LogP contribution is 2.35. The molecule has 1 aliphatic carbocycles. The van der Waals surface area contributed by atoms with Crippen LogP contribution in [-0.4, -0.2) is 63.2 Å². The molecule has 0 spiro atoms. The third kappa shape index (κ3) is 4.46. The van der Waals surface area contributed by atoms with E-state index in [1.807, 2.05) is 0 Å². The second kappa shape index (κ2) is 8.65. The molecule has 0 aromatic heterocycles. The summed E-state index contributed by atoms with van der Waals surface area (Å²) >= 11 is 0. The molecule has 3 fully saturated rings. The third-order valence-electron chi connectivity index (χ3n) is 7.92. The van der Waals surface area contributed by atoms with Crippen LogP contribution in [0.4, 0.5) is 0 Å². The summed E-state index contributed by atoms with van der Waals surface area (Å²) in [5.74, 6) is 3.17. The highest BCUT2D eigenvalue weighted by molar-refractivity contribution is 5.77. The number of hydrogen-bond acceptors (Lipinski definition) is 2. The van der Waals surface area contributed by atoms with Gasteiger partial charge in [-0.05, 0) is 48.4 Å². The molecule has 1 aromatic rings. The van der Waals surface area contributed by atoms with E-state index in [1.54, 1.807) is 4.90 Å². The number of rotatable bonds is 4. The summed E-state index contributed by atoms with van der Waals surface area (Å²) in [6.07, 6.45) is 7.83. The Labute approximate surface area is 175 Å². The topological polar surface area (TPSA) is 38.4 Å². The molecule has 3 heterocycles. The smallest absolute Gasteiger partial charge is 0.277 e. The van der Waals surface area contributed by atoms with Crippen LogP contribution in [0.25, 0.3) is 0 Å². The molecule has 0 unspecified atom stereocenters. The van der Waals surface area contributed by atoms with Gasteiger partial charge in [0.15, 0.2) is 6.54 Å². The molecule has 1 aromatic carbocycles. The first-order valence-corrected chi connectivity index (χ1v) is 11.9. The molecule has 2 N–H and O–H groups in total. The zero-order valence-electron chi connectivity index (χ0n) is 17.8. The number of nitrogens with zero attached hydrogens (tertiary/aromatic N) is 1. The Kier molecular flexibility index (Phi) is 5.78. The van der Waals surface area contributed by atoms with Crippen molar-refractivity contribution in [2.24, 2.45) is 11.8 Å². The van der Waals surface area contributed by atoms with Gasteiger partial charge in [-0.3, -0.25) is 4.79 Å². The molecule has 3 aliphatic heterocycles. The Morgan fingerprint density at radius 2 is 1.83 bits per heavy atom. The van der Waals surface area contributed by atoms with Gasteiger partial charge in [-0.2, -0.15) is 0 Å². The van der Waals surface area contributed by atoms with Gasteiger partial charge in [-0.25, -0.2) is 0 Å². The van der Waals surface area contributed by atoms with Crippen molar-refractivity contribution >= 4 is 5.91 Å². The average Bonchev–Trinajstić information content (AvgIpc) is 3.23. The molecule has 0 radical (unpaired) electrons. The van der Waals surface area contributed by atoms with Gasteiger partial charge in [-0.15, -0.1) is 0 Å². The number of hydrogen-bond donors (Lipinski definition) is 2. The van der Waals surface area contributed by atoms with Gasteiger partial charge in [0.2, 0.25) is 0 Å². The van der Waals surface area contributed by atoms with Crippen LogP contribution in [0.15, 0.2) is 18.2 Å². The van der Waals surface area contributed by atoms with E-state index in [0.29, 0.717) is 12.5 Å². The molecule has 0 bridgehead atoms. The first kappa shape index (κ1) is 19.4. The quantitative estimate of drug-likeness (QED) is 0.745. The SMILES string of the molecule is O=C(C[NH+]1CC[NH+](Cc2ccc3c(c2)CCO3)CC1)N1CC[C@@H]2CCCC[C@@H]2C1. The van der Waals surface area contributed by atoms with Crippen molar-refractivity contribution in [2.75, 3.05) is 52.4 Å². The fourth-order valence-electron chi connectivity index (χ4n) is 6.10. The average molecular weight is 400 g/mol. The van der Waals surface area contributed by atoms with Gasteiger partial charge < -0.3 is 19.4 Å². The van der Waals surface area contributed by atoms with Gasteiger partial charge in [0, 0.05) is 25.1 Å². The molecule has 5 nitrogen and oxygen atoms in total. The number of fused-ring (bicyclic) bond motifs is 2. The monoisotopic (exact) mass is 399 g/mol. The summed E-state index contributed by atoms with van der Waals surface area (Å²) in [6.45, 7) is 9.26. The highest BCUT2D eigenvalue weighted by atomic mass is 16.5. The Morgan fingerprint density at radius 1 is 1.03 bits per heavy atom. The second-order valence-electron chi connectivity index (χ2n) is 9.83. The van der Waals surface area contributed by atoms with Crippen LogP contribution in [0.2, 0.25) is 0 Å². The van der Waals surface area contributed by atoms with Crippen LogP contribution in [0.5, 0.6) is 5.75 Å². The summed E-state index contributed by atoms with van der Waals surface area (Å²) in [4.78, 5) is 18.3. The van der Waals surface area contributed by atoms with E-state index < -0.39 is 0 Å². The summed E-state index contributed by atoms with van der Waals surface area (Å²) in [5, 5.41) is 0. The standard InChI is InChI=1S/C24H35N3O2/c28-24(27-9-7-20-3-1-2-4-22(20)17-27)18-26-12-10-25(11-13-26)16-19-5-6-23-21(15-19)8-14-29-23/h5-6,15,20,22H,1-4,7-14,16-18H2/p+2/t20-,22+/m0/s1. The van der Waals surface area contributed by atoms with Crippen molar-refractivity contribution in [2.45, 2.75) is 45.1 Å². The second-order valence-corrected chi connectivity index (χ2v) is 9.83. The fourth-order valence-corrected chi connectivity index (χ4v) is 6.10. The van der Waals surface area contributed by atoms with E-state index in [-0.39, 0.29) is 0 Å². The summed E-state index contributed by atoms with van der Waals surface area (Å²) in [7, 11) is 0. The van der Waals surface area contributed by atoms with Crippen LogP contribution in [-0.2, 0) is 17.8 Å². The van der Waals surface area contributed by atoms with Crippen molar-refractivity contribution in [1.29, 1.82) is 0 Å². The molecule has 158 valence electrons. The Hall–Kier alpha value is -1.59. The lowest BCUT2D eigenvalue weighted by Gasteiger charge is -2.41. The van der Waals surface area contributed by atoms with Crippen LogP contribution in [0.1, 0.15) is 43.2 Å². The number of piperidine rings is 1. The summed E-state index contributed by atoms with van der Waals surface area (Å²) in [5.41, 5.74) is 2.80. The first-order chi connectivity index (χ1) is 14.2. The molecule has 1 amide bonds. The molecular weight excluding hydrogens is 362 g/mol. The first-order valence-electron chi connectivity index (χ1n) is 11.9. The van der Waals surface area contributed by atoms with E-state index in [0.717, 1.165) is 63.3 Å². The lowest BCUT2D eigenvalue weighted by atomic mass is 9.75. The highest BCUT2D eigenvalue weighted by Gasteiger charge is 2.34. The summed E-state index contributed by atoms with van der Waals surface area (Å²) < 4.78 is 5.63. The van der Waals surface area contributed by atoms with E-state index in [1.165, 1.54) is 61.2 Å². The molecule has 1 saturated carbocycles. The number of amides is 1. The number of nitrogens with one attached hydrogen (secondary N) is 2. The van der Waals surface area contributed by atoms with Crippen LogP contribution < -0.4 is 14.5 Å². The Bertz CT molecular complexity index is 729. The van der Waals surface area contributed by atoms with Crippen molar-refractivity contribution in [1.82, 2.24) is 4.90 Å². The number of ether oxygens (including phenoxy) is 1. The van der Waals surface area contributed by atoms with E-state index in [9.17, 15) is 4.79 Å². The summed E-state index contributed by atoms with van der Waals surface area (Å²) in [6, 6.07) is 6.72. The van der Waals surface area contributed by atoms with Crippen molar-refractivity contribution in [3.05, 3.63) is 29.3 Å². The third-order valence-corrected chi connectivity index (χ3v) is 7.92. The number of likely N-dealkylation sites (tertiary alicyclic amines) is 1. The zero-order valence-corrected chi connectivity index (χ0v) is 17.8. The van der Waals surface area contributed by atoms with Gasteiger partial charge in [0.25, 0.3) is 5.91 Å². The van der Waals surface area contributed by atoms with Crippen molar-refractivity contribution in [3.63, 3.8) is 0 Å². The number of benzene rings is 1. The predicted octanol–water partition coefficient (Wildman–Crippen LogP) is -0.0564. The zero-order chi connectivity index (χ0) is 19.6. The van der Waals surface area contributed by atoms with Crippen LogP contribution in [0, 0.1) is 11.8 Å². The van der Waals surface area contributed by atoms with Crippen LogP contribution in [0.3, 0.4) is 0 Å². The normalized spacial score (nSPS) is 31.7. The van der Waals surface area contributed by atoms with Crippen molar-refractivity contribution < 1.29 is 19.3 Å². The molecule has 4 aliphatic rings.